The number of nitrogens with one attached hydrogen (secondary N) is 1. The summed E-state index contributed by atoms with van der Waals surface area (Å²) in [6, 6.07) is 2.53. The minimum atomic E-state index is 0.362. The maximum atomic E-state index is 4.37. The van der Waals surface area contributed by atoms with E-state index in [9.17, 15) is 0 Å². The molecule has 0 spiro atoms. The molecule has 0 aliphatic heterocycles. The molecule has 0 aromatic carbocycles. The summed E-state index contributed by atoms with van der Waals surface area (Å²) in [6.45, 7) is 2.16. The monoisotopic (exact) mass is 235 g/mol. The third kappa shape index (κ3) is 2.18. The largest absolute Gasteiger partial charge is 0.338 e. The zero-order valence-electron chi connectivity index (χ0n) is 9.90. The average Bonchev–Trinajstić information content (AvgIpc) is 2.85. The molecular formula is C12H17N3S. The van der Waals surface area contributed by atoms with Crippen molar-refractivity contribution >= 4 is 11.3 Å². The number of hydrogen-bond donors (Lipinski definition) is 1. The Morgan fingerprint density at radius 2 is 2.38 bits per heavy atom. The Balaban J connectivity index is 2.19. The van der Waals surface area contributed by atoms with Gasteiger partial charge < -0.3 is 9.88 Å². The molecule has 86 valence electrons. The van der Waals surface area contributed by atoms with Gasteiger partial charge in [0.15, 0.2) is 0 Å². The SMILES string of the molecule is CNC(Cc1nccn1C)c1sccc1C. The van der Waals surface area contributed by atoms with E-state index >= 15 is 0 Å². The van der Waals surface area contributed by atoms with Crippen LogP contribution in [-0.4, -0.2) is 16.6 Å². The van der Waals surface area contributed by atoms with Gasteiger partial charge in [0.2, 0.25) is 0 Å². The first-order chi connectivity index (χ1) is 7.72. The molecule has 0 radical (unpaired) electrons. The highest BCUT2D eigenvalue weighted by Gasteiger charge is 2.15. The number of thiophene rings is 1. The van der Waals surface area contributed by atoms with E-state index in [1.807, 2.05) is 37.8 Å². The Kier molecular flexibility index (Phi) is 3.41. The standard InChI is InChI=1S/C12H17N3S/c1-9-4-7-16-12(9)10(13-2)8-11-14-5-6-15(11)3/h4-7,10,13H,8H2,1-3H3. The fraction of sp³-hybridized carbons (Fsp3) is 0.417. The summed E-state index contributed by atoms with van der Waals surface area (Å²) in [7, 11) is 4.04. The Bertz CT molecular complexity index is 458. The second kappa shape index (κ2) is 4.80. The van der Waals surface area contributed by atoms with Gasteiger partial charge in [-0.1, -0.05) is 0 Å². The van der Waals surface area contributed by atoms with Crippen LogP contribution < -0.4 is 5.32 Å². The molecule has 2 rings (SSSR count). The van der Waals surface area contributed by atoms with Gasteiger partial charge in [0, 0.05) is 36.8 Å². The molecule has 0 saturated carbocycles. The first-order valence-corrected chi connectivity index (χ1v) is 6.27. The van der Waals surface area contributed by atoms with Crippen molar-refractivity contribution in [2.45, 2.75) is 19.4 Å². The van der Waals surface area contributed by atoms with Crippen LogP contribution in [0.15, 0.2) is 23.8 Å². The van der Waals surface area contributed by atoms with Crippen LogP contribution in [0, 0.1) is 6.92 Å². The minimum absolute atomic E-state index is 0.362. The molecule has 3 nitrogen and oxygen atoms in total. The fourth-order valence-corrected chi connectivity index (χ4v) is 2.88. The molecule has 0 amide bonds. The third-order valence-corrected chi connectivity index (χ3v) is 4.01. The molecule has 2 heterocycles. The zero-order chi connectivity index (χ0) is 11.5. The molecule has 1 atom stereocenters. The number of likely N-dealkylation sites (N-methyl/N-ethyl adjacent to an activating group) is 1. The average molecular weight is 235 g/mol. The lowest BCUT2D eigenvalue weighted by Gasteiger charge is -2.15. The summed E-state index contributed by atoms with van der Waals surface area (Å²) in [5, 5.41) is 5.51. The number of aryl methyl sites for hydroxylation is 2. The highest BCUT2D eigenvalue weighted by Crippen LogP contribution is 2.25. The van der Waals surface area contributed by atoms with Crippen molar-refractivity contribution in [2.75, 3.05) is 7.05 Å². The lowest BCUT2D eigenvalue weighted by Crippen LogP contribution is -2.20. The topological polar surface area (TPSA) is 29.9 Å². The summed E-state index contributed by atoms with van der Waals surface area (Å²) in [6.07, 6.45) is 4.77. The van der Waals surface area contributed by atoms with Crippen molar-refractivity contribution in [1.29, 1.82) is 0 Å². The van der Waals surface area contributed by atoms with E-state index in [4.69, 9.17) is 0 Å². The first kappa shape index (κ1) is 11.4. The molecule has 4 heteroatoms. The van der Waals surface area contributed by atoms with E-state index in [-0.39, 0.29) is 0 Å². The van der Waals surface area contributed by atoms with Gasteiger partial charge in [-0.2, -0.15) is 0 Å². The summed E-state index contributed by atoms with van der Waals surface area (Å²) < 4.78 is 2.08. The van der Waals surface area contributed by atoms with Crippen LogP contribution in [0.25, 0.3) is 0 Å². The van der Waals surface area contributed by atoms with Gasteiger partial charge in [-0.25, -0.2) is 4.98 Å². The molecule has 1 unspecified atom stereocenters. The highest BCUT2D eigenvalue weighted by molar-refractivity contribution is 7.10. The summed E-state index contributed by atoms with van der Waals surface area (Å²) in [4.78, 5) is 5.78. The van der Waals surface area contributed by atoms with E-state index in [2.05, 4.69) is 33.2 Å². The van der Waals surface area contributed by atoms with Gasteiger partial charge in [-0.15, -0.1) is 11.3 Å². The summed E-state index contributed by atoms with van der Waals surface area (Å²) in [5.41, 5.74) is 1.36. The molecular weight excluding hydrogens is 218 g/mol. The van der Waals surface area contributed by atoms with Crippen LogP contribution in [0.4, 0.5) is 0 Å². The predicted octanol–water partition coefficient (Wildman–Crippen LogP) is 2.29. The second-order valence-electron chi connectivity index (χ2n) is 3.97. The number of aromatic nitrogens is 2. The molecule has 1 N–H and O–H groups in total. The van der Waals surface area contributed by atoms with Crippen molar-refractivity contribution in [2.24, 2.45) is 7.05 Å². The van der Waals surface area contributed by atoms with Crippen molar-refractivity contribution in [3.05, 3.63) is 40.1 Å². The number of hydrogen-bond acceptors (Lipinski definition) is 3. The van der Waals surface area contributed by atoms with Gasteiger partial charge in [0.05, 0.1) is 0 Å². The molecule has 0 aliphatic rings. The first-order valence-electron chi connectivity index (χ1n) is 5.40. The van der Waals surface area contributed by atoms with Gasteiger partial charge in [0.1, 0.15) is 5.82 Å². The van der Waals surface area contributed by atoms with Gasteiger partial charge >= 0.3 is 0 Å². The predicted molar refractivity (Wildman–Crippen MR) is 67.8 cm³/mol. The number of imidazole rings is 1. The van der Waals surface area contributed by atoms with Gasteiger partial charge in [-0.3, -0.25) is 0 Å². The van der Waals surface area contributed by atoms with Crippen LogP contribution in [0.5, 0.6) is 0 Å². The molecule has 0 fully saturated rings. The Morgan fingerprint density at radius 1 is 1.56 bits per heavy atom. The van der Waals surface area contributed by atoms with Gasteiger partial charge in [-0.05, 0) is 31.0 Å². The smallest absolute Gasteiger partial charge is 0.110 e. The Hall–Kier alpha value is -1.13. The minimum Gasteiger partial charge on any atom is -0.338 e. The van der Waals surface area contributed by atoms with E-state index in [0.29, 0.717) is 6.04 Å². The Morgan fingerprint density at radius 3 is 2.88 bits per heavy atom. The van der Waals surface area contributed by atoms with Crippen LogP contribution in [0.2, 0.25) is 0 Å². The highest BCUT2D eigenvalue weighted by atomic mass is 32.1. The van der Waals surface area contributed by atoms with Crippen LogP contribution in [-0.2, 0) is 13.5 Å². The lowest BCUT2D eigenvalue weighted by atomic mass is 10.1. The third-order valence-electron chi connectivity index (χ3n) is 2.87. The molecule has 0 bridgehead atoms. The zero-order valence-corrected chi connectivity index (χ0v) is 10.7. The van der Waals surface area contributed by atoms with Crippen molar-refractivity contribution < 1.29 is 0 Å². The van der Waals surface area contributed by atoms with E-state index < -0.39 is 0 Å². The van der Waals surface area contributed by atoms with E-state index in [0.717, 1.165) is 12.2 Å². The normalized spacial score (nSPS) is 12.9. The van der Waals surface area contributed by atoms with Crippen LogP contribution >= 0.6 is 11.3 Å². The quantitative estimate of drug-likeness (QED) is 0.881. The van der Waals surface area contributed by atoms with Crippen molar-refractivity contribution in [3.8, 4) is 0 Å². The molecule has 0 saturated heterocycles. The molecule has 2 aromatic rings. The molecule has 2 aromatic heterocycles. The van der Waals surface area contributed by atoms with E-state index in [1.165, 1.54) is 10.4 Å². The number of nitrogens with zero attached hydrogens (tertiary/aromatic N) is 2. The van der Waals surface area contributed by atoms with Crippen molar-refractivity contribution in [1.82, 2.24) is 14.9 Å². The van der Waals surface area contributed by atoms with Crippen LogP contribution in [0.3, 0.4) is 0 Å². The van der Waals surface area contributed by atoms with Crippen molar-refractivity contribution in [3.63, 3.8) is 0 Å². The second-order valence-corrected chi connectivity index (χ2v) is 4.92. The van der Waals surface area contributed by atoms with Crippen LogP contribution in [0.1, 0.15) is 22.3 Å². The molecule has 0 aliphatic carbocycles. The van der Waals surface area contributed by atoms with E-state index in [1.54, 1.807) is 0 Å². The maximum Gasteiger partial charge on any atom is 0.110 e. The fourth-order valence-electron chi connectivity index (χ4n) is 1.84. The Labute approximate surface area is 100 Å². The lowest BCUT2D eigenvalue weighted by molar-refractivity contribution is 0.570. The molecule has 16 heavy (non-hydrogen) atoms. The number of rotatable bonds is 4. The van der Waals surface area contributed by atoms with Gasteiger partial charge in [0.25, 0.3) is 0 Å². The summed E-state index contributed by atoms with van der Waals surface area (Å²) >= 11 is 1.81. The maximum absolute atomic E-state index is 4.37. The summed E-state index contributed by atoms with van der Waals surface area (Å²) in [5.74, 6) is 1.12.